The first-order valence-electron chi connectivity index (χ1n) is 19.8. The summed E-state index contributed by atoms with van der Waals surface area (Å²) in [5.41, 5.74) is -1.13. The highest BCUT2D eigenvalue weighted by Gasteiger charge is 2.47. The SMILES string of the molecule is CC[C@H]1OC(=O)[C@H](C)[C@@H](O)[C@H](C)[C@@H](O)[C@](C)(O)C[C@@H](C)CN(CCCNC(=O)Cc2c(C)n(C(=O)c3ccc(Cl)cc3)c3ccc(OC)cc23)[C@H](C)[C@@H](O)[C@]1(C)O. The van der Waals surface area contributed by atoms with E-state index in [1.807, 2.05) is 17.9 Å². The lowest BCUT2D eigenvalue weighted by atomic mass is 9.78. The maximum absolute atomic E-state index is 13.7. The van der Waals surface area contributed by atoms with E-state index in [9.17, 15) is 39.9 Å². The Hall–Kier alpha value is -3.56. The number of ether oxygens (including phenoxy) is 2. The fourth-order valence-electron chi connectivity index (χ4n) is 8.37. The minimum absolute atomic E-state index is 0.00456. The van der Waals surface area contributed by atoms with Crippen molar-refractivity contribution in [2.24, 2.45) is 17.8 Å². The summed E-state index contributed by atoms with van der Waals surface area (Å²) in [5, 5.41) is 61.3. The molecule has 1 aliphatic rings. The van der Waals surface area contributed by atoms with Crippen LogP contribution in [0.2, 0.25) is 5.02 Å². The third kappa shape index (κ3) is 10.4. The second-order valence-corrected chi connectivity index (χ2v) is 16.9. The molecule has 6 N–H and O–H groups in total. The van der Waals surface area contributed by atoms with E-state index in [-0.39, 0.29) is 43.5 Å². The van der Waals surface area contributed by atoms with E-state index in [1.165, 1.54) is 20.8 Å². The molecule has 4 rings (SSSR count). The fourth-order valence-corrected chi connectivity index (χ4v) is 8.50. The molecule has 14 heteroatoms. The minimum atomic E-state index is -1.88. The molecule has 57 heavy (non-hydrogen) atoms. The Morgan fingerprint density at radius 1 is 1.02 bits per heavy atom. The number of methoxy groups -OCH3 is 1. The molecule has 0 unspecified atom stereocenters. The number of amides is 1. The number of fused-ring (bicyclic) bond motifs is 1. The highest BCUT2D eigenvalue weighted by atomic mass is 35.5. The van der Waals surface area contributed by atoms with Crippen LogP contribution in [0.4, 0.5) is 0 Å². The summed E-state index contributed by atoms with van der Waals surface area (Å²) in [6.45, 7) is 14.1. The van der Waals surface area contributed by atoms with Gasteiger partial charge in [0.2, 0.25) is 5.91 Å². The number of benzene rings is 2. The van der Waals surface area contributed by atoms with Crippen molar-refractivity contribution in [3.63, 3.8) is 0 Å². The third-order valence-electron chi connectivity index (χ3n) is 11.9. The normalized spacial score (nSPS) is 31.0. The van der Waals surface area contributed by atoms with E-state index in [1.54, 1.807) is 75.8 Å². The molecule has 1 aromatic heterocycles. The van der Waals surface area contributed by atoms with Crippen LogP contribution in [-0.2, 0) is 20.7 Å². The van der Waals surface area contributed by atoms with Crippen LogP contribution in [0.5, 0.6) is 5.75 Å². The second kappa shape index (κ2) is 19.0. The number of aromatic nitrogens is 1. The average Bonchev–Trinajstić information content (AvgIpc) is 3.44. The number of hydrogen-bond acceptors (Lipinski definition) is 11. The molecule has 0 spiro atoms. The summed E-state index contributed by atoms with van der Waals surface area (Å²) in [7, 11) is 1.55. The molecule has 1 saturated heterocycles. The summed E-state index contributed by atoms with van der Waals surface area (Å²) in [5.74, 6) is -2.94. The molecule has 13 nitrogen and oxygen atoms in total. The second-order valence-electron chi connectivity index (χ2n) is 16.5. The van der Waals surface area contributed by atoms with Crippen molar-refractivity contribution in [1.82, 2.24) is 14.8 Å². The van der Waals surface area contributed by atoms with Gasteiger partial charge in [-0.2, -0.15) is 0 Å². The number of nitrogens with zero attached hydrogens (tertiary/aromatic N) is 2. The number of cyclic esters (lactones) is 1. The smallest absolute Gasteiger partial charge is 0.311 e. The van der Waals surface area contributed by atoms with E-state index < -0.39 is 59.5 Å². The summed E-state index contributed by atoms with van der Waals surface area (Å²) in [4.78, 5) is 42.4. The lowest BCUT2D eigenvalue weighted by molar-refractivity contribution is -0.193. The molecule has 0 radical (unpaired) electrons. The van der Waals surface area contributed by atoms with Crippen LogP contribution in [0, 0.1) is 24.7 Å². The Morgan fingerprint density at radius 2 is 1.67 bits per heavy atom. The van der Waals surface area contributed by atoms with Crippen molar-refractivity contribution in [1.29, 1.82) is 0 Å². The fraction of sp³-hybridized carbons (Fsp3) is 0.605. The highest BCUT2D eigenvalue weighted by Crippen LogP contribution is 2.34. The molecule has 2 aromatic carbocycles. The van der Waals surface area contributed by atoms with Crippen molar-refractivity contribution in [3.05, 3.63) is 64.3 Å². The number of nitrogens with one attached hydrogen (secondary N) is 1. The maximum atomic E-state index is 13.7. The van der Waals surface area contributed by atoms with Gasteiger partial charge in [-0.3, -0.25) is 23.9 Å². The van der Waals surface area contributed by atoms with E-state index >= 15 is 0 Å². The van der Waals surface area contributed by atoms with Crippen LogP contribution in [0.25, 0.3) is 10.9 Å². The van der Waals surface area contributed by atoms with Gasteiger partial charge in [0.1, 0.15) is 23.6 Å². The summed E-state index contributed by atoms with van der Waals surface area (Å²) < 4.78 is 12.8. The zero-order chi connectivity index (χ0) is 42.6. The van der Waals surface area contributed by atoms with Crippen molar-refractivity contribution < 1.29 is 49.4 Å². The van der Waals surface area contributed by atoms with Gasteiger partial charge in [-0.1, -0.05) is 32.4 Å². The molecule has 0 aliphatic carbocycles. The van der Waals surface area contributed by atoms with Crippen molar-refractivity contribution in [2.45, 2.75) is 123 Å². The largest absolute Gasteiger partial charge is 0.497 e. The van der Waals surface area contributed by atoms with Gasteiger partial charge in [0.15, 0.2) is 0 Å². The predicted octanol–water partition coefficient (Wildman–Crippen LogP) is 4.26. The van der Waals surface area contributed by atoms with Gasteiger partial charge in [-0.05, 0) is 108 Å². The lowest BCUT2D eigenvalue weighted by Gasteiger charge is -2.43. The maximum Gasteiger partial charge on any atom is 0.311 e. The van der Waals surface area contributed by atoms with Crippen molar-refractivity contribution in [3.8, 4) is 5.75 Å². The minimum Gasteiger partial charge on any atom is -0.497 e. The number of halogens is 1. The third-order valence-corrected chi connectivity index (χ3v) is 12.1. The van der Waals surface area contributed by atoms with Crippen LogP contribution in [0.1, 0.15) is 89.3 Å². The summed E-state index contributed by atoms with van der Waals surface area (Å²) in [6.07, 6.45) is -4.46. The molecule has 2 heterocycles. The first-order valence-corrected chi connectivity index (χ1v) is 20.2. The van der Waals surface area contributed by atoms with Gasteiger partial charge in [0.05, 0.1) is 42.8 Å². The van der Waals surface area contributed by atoms with Gasteiger partial charge in [-0.25, -0.2) is 0 Å². The molecule has 0 bridgehead atoms. The molecule has 3 aromatic rings. The first kappa shape index (κ1) is 46.1. The standard InChI is InChI=1S/C43H62ClN3O10/c1-10-35-43(8,55)39(51)28(6)46(23-24(2)22-42(7,54)38(50)25(3)37(49)26(4)41(53)57-35)19-11-18-45-36(48)21-32-27(5)47(34-17-16-31(56-9)20-33(32)34)40(52)29-12-14-30(44)15-13-29/h12-17,20,24-26,28,35,37-39,49-51,54-55H,10-11,18-19,21-23H2,1-9H3,(H,45,48)/t24-,25+,26-,28-,35-,37+,38-,39-,42-,43-/m1/s1. The summed E-state index contributed by atoms with van der Waals surface area (Å²) in [6, 6.07) is 11.3. The van der Waals surface area contributed by atoms with Gasteiger partial charge in [0.25, 0.3) is 5.91 Å². The van der Waals surface area contributed by atoms with Gasteiger partial charge >= 0.3 is 5.97 Å². The Bertz CT molecular complexity index is 1860. The van der Waals surface area contributed by atoms with Crippen molar-refractivity contribution in [2.75, 3.05) is 26.7 Å². The zero-order valence-electron chi connectivity index (χ0n) is 34.7. The van der Waals surface area contributed by atoms with Crippen LogP contribution in [0.3, 0.4) is 0 Å². The number of hydrogen-bond donors (Lipinski definition) is 6. The Labute approximate surface area is 340 Å². The van der Waals surface area contributed by atoms with Crippen molar-refractivity contribution >= 4 is 40.3 Å². The van der Waals surface area contributed by atoms with Crippen LogP contribution in [-0.4, -0.2) is 121 Å². The topological polar surface area (TPSA) is 191 Å². The predicted molar refractivity (Wildman–Crippen MR) is 218 cm³/mol. The van der Waals surface area contributed by atoms with E-state index in [4.69, 9.17) is 21.1 Å². The number of rotatable bonds is 9. The molecular weight excluding hydrogens is 754 g/mol. The number of aliphatic hydroxyl groups excluding tert-OH is 3. The molecular formula is C43H62ClN3O10. The molecule has 1 aliphatic heterocycles. The van der Waals surface area contributed by atoms with Gasteiger partial charge in [-0.15, -0.1) is 0 Å². The number of carbonyl (C=O) groups excluding carboxylic acids is 3. The number of esters is 1. The summed E-state index contributed by atoms with van der Waals surface area (Å²) >= 11 is 6.07. The quantitative estimate of drug-likeness (QED) is 0.134. The highest BCUT2D eigenvalue weighted by molar-refractivity contribution is 6.30. The molecule has 316 valence electrons. The molecule has 0 saturated carbocycles. The Balaban J connectivity index is 1.54. The van der Waals surface area contributed by atoms with E-state index in [2.05, 4.69) is 5.32 Å². The van der Waals surface area contributed by atoms with E-state index in [0.29, 0.717) is 58.0 Å². The number of carbonyl (C=O) groups is 3. The monoisotopic (exact) mass is 815 g/mol. The lowest BCUT2D eigenvalue weighted by Crippen LogP contribution is -2.59. The van der Waals surface area contributed by atoms with Gasteiger partial charge < -0.3 is 40.3 Å². The Morgan fingerprint density at radius 3 is 2.28 bits per heavy atom. The zero-order valence-corrected chi connectivity index (χ0v) is 35.4. The van der Waals surface area contributed by atoms with Crippen LogP contribution >= 0.6 is 11.6 Å². The Kier molecular flexibility index (Phi) is 15.4. The molecule has 10 atom stereocenters. The van der Waals surface area contributed by atoms with Crippen LogP contribution in [0.15, 0.2) is 42.5 Å². The van der Waals surface area contributed by atoms with E-state index in [0.717, 1.165) is 0 Å². The first-order chi connectivity index (χ1) is 26.7. The van der Waals surface area contributed by atoms with Crippen LogP contribution < -0.4 is 10.1 Å². The average molecular weight is 816 g/mol. The molecule has 1 fully saturated rings. The molecule has 1 amide bonds. The van der Waals surface area contributed by atoms with Gasteiger partial charge in [0, 0.05) is 53.3 Å². The number of aliphatic hydroxyl groups is 5.